The lowest BCUT2D eigenvalue weighted by molar-refractivity contribution is -0.155. The first-order valence-electron chi connectivity index (χ1n) is 7.65. The van der Waals surface area contributed by atoms with E-state index in [1.807, 2.05) is 12.3 Å². The topological polar surface area (TPSA) is 82.0 Å². The molecule has 1 fully saturated rings. The molecule has 2 heterocycles. The van der Waals surface area contributed by atoms with Crippen molar-refractivity contribution in [3.8, 4) is 0 Å². The van der Waals surface area contributed by atoms with Crippen molar-refractivity contribution in [2.45, 2.75) is 51.7 Å². The summed E-state index contributed by atoms with van der Waals surface area (Å²) in [5.74, 6) is 0.105. The summed E-state index contributed by atoms with van der Waals surface area (Å²) in [7, 11) is 0. The van der Waals surface area contributed by atoms with Crippen molar-refractivity contribution in [3.63, 3.8) is 0 Å². The van der Waals surface area contributed by atoms with Crippen LogP contribution >= 0.6 is 11.3 Å². The lowest BCUT2D eigenvalue weighted by Crippen LogP contribution is -2.56. The molecule has 1 aromatic heterocycles. The third-order valence-electron chi connectivity index (χ3n) is 4.50. The molecule has 7 heteroatoms. The molecule has 0 aromatic carbocycles. The number of aryl methyl sites for hydroxylation is 1. The van der Waals surface area contributed by atoms with E-state index in [9.17, 15) is 15.0 Å². The lowest BCUT2D eigenvalue weighted by Gasteiger charge is -2.48. The molecular formula is C15H22N2O4S. The van der Waals surface area contributed by atoms with Crippen LogP contribution in [0.1, 0.15) is 43.5 Å². The fourth-order valence-corrected chi connectivity index (χ4v) is 4.31. The number of thiophene rings is 1. The van der Waals surface area contributed by atoms with E-state index in [0.29, 0.717) is 13.0 Å². The monoisotopic (exact) mass is 326 g/mol. The molecule has 1 aliphatic carbocycles. The SMILES string of the molecule is CCOC(=O)CC1CC(N2C(O)Nc3scc(C)c3C2O)C1. The second-order valence-electron chi connectivity index (χ2n) is 6.00. The number of rotatable bonds is 4. The number of esters is 1. The van der Waals surface area contributed by atoms with Crippen LogP contribution < -0.4 is 5.32 Å². The average Bonchev–Trinajstić information content (AvgIpc) is 2.77. The Balaban J connectivity index is 1.62. The zero-order valence-corrected chi connectivity index (χ0v) is 13.6. The van der Waals surface area contributed by atoms with Crippen molar-refractivity contribution in [1.29, 1.82) is 0 Å². The Morgan fingerprint density at radius 2 is 2.23 bits per heavy atom. The maximum absolute atomic E-state index is 11.5. The van der Waals surface area contributed by atoms with Crippen molar-refractivity contribution in [1.82, 2.24) is 4.90 Å². The molecule has 2 unspecified atom stereocenters. The van der Waals surface area contributed by atoms with Crippen LogP contribution in [0.3, 0.4) is 0 Å². The summed E-state index contributed by atoms with van der Waals surface area (Å²) in [6.07, 6.45) is 0.293. The van der Waals surface area contributed by atoms with Crippen LogP contribution in [-0.2, 0) is 9.53 Å². The number of nitrogens with one attached hydrogen (secondary N) is 1. The molecule has 6 nitrogen and oxygen atoms in total. The zero-order chi connectivity index (χ0) is 15.9. The van der Waals surface area contributed by atoms with Crippen LogP contribution in [0.2, 0.25) is 0 Å². The van der Waals surface area contributed by atoms with Gasteiger partial charge in [0.25, 0.3) is 0 Å². The molecule has 0 saturated heterocycles. The van der Waals surface area contributed by atoms with Crippen LogP contribution in [0.15, 0.2) is 5.38 Å². The van der Waals surface area contributed by atoms with Gasteiger partial charge >= 0.3 is 5.97 Å². The van der Waals surface area contributed by atoms with Gasteiger partial charge in [-0.1, -0.05) is 0 Å². The highest BCUT2D eigenvalue weighted by Gasteiger charge is 2.44. The number of fused-ring (bicyclic) bond motifs is 1. The van der Waals surface area contributed by atoms with Crippen LogP contribution in [0.25, 0.3) is 0 Å². The largest absolute Gasteiger partial charge is 0.466 e. The molecule has 2 atom stereocenters. The molecular weight excluding hydrogens is 304 g/mol. The number of aliphatic hydroxyl groups excluding tert-OH is 2. The average molecular weight is 326 g/mol. The number of carbonyl (C=O) groups excluding carboxylic acids is 1. The summed E-state index contributed by atoms with van der Waals surface area (Å²) >= 11 is 1.49. The number of ether oxygens (including phenoxy) is 1. The molecule has 0 spiro atoms. The van der Waals surface area contributed by atoms with E-state index in [-0.39, 0.29) is 17.9 Å². The van der Waals surface area contributed by atoms with E-state index < -0.39 is 12.6 Å². The van der Waals surface area contributed by atoms with Gasteiger partial charge in [-0.05, 0) is 43.6 Å². The minimum atomic E-state index is -0.894. The molecule has 22 heavy (non-hydrogen) atoms. The summed E-state index contributed by atoms with van der Waals surface area (Å²) < 4.78 is 4.96. The van der Waals surface area contributed by atoms with Crippen molar-refractivity contribution >= 4 is 22.3 Å². The predicted octanol–water partition coefficient (Wildman–Crippen LogP) is 1.78. The summed E-state index contributed by atoms with van der Waals surface area (Å²) in [4.78, 5) is 13.2. The van der Waals surface area contributed by atoms with Gasteiger partial charge in [-0.3, -0.25) is 4.79 Å². The quantitative estimate of drug-likeness (QED) is 0.732. The van der Waals surface area contributed by atoms with Gasteiger partial charge in [0.15, 0.2) is 6.35 Å². The van der Waals surface area contributed by atoms with E-state index in [2.05, 4.69) is 5.32 Å². The van der Waals surface area contributed by atoms with Gasteiger partial charge in [-0.25, -0.2) is 4.90 Å². The predicted molar refractivity (Wildman–Crippen MR) is 83.2 cm³/mol. The van der Waals surface area contributed by atoms with Gasteiger partial charge in [0, 0.05) is 18.0 Å². The molecule has 2 aliphatic rings. The summed E-state index contributed by atoms with van der Waals surface area (Å²) in [5, 5.41) is 26.7. The molecule has 122 valence electrons. The van der Waals surface area contributed by atoms with Gasteiger partial charge < -0.3 is 20.3 Å². The number of carbonyl (C=O) groups is 1. The summed E-state index contributed by atoms with van der Waals surface area (Å²) in [6, 6.07) is 0.0735. The Kier molecular flexibility index (Phi) is 4.40. The van der Waals surface area contributed by atoms with Gasteiger partial charge in [0.05, 0.1) is 11.6 Å². The van der Waals surface area contributed by atoms with E-state index in [1.165, 1.54) is 11.3 Å². The van der Waals surface area contributed by atoms with Gasteiger partial charge in [0.1, 0.15) is 6.23 Å². The van der Waals surface area contributed by atoms with Crippen LogP contribution in [0.4, 0.5) is 5.00 Å². The summed E-state index contributed by atoms with van der Waals surface area (Å²) in [6.45, 7) is 4.16. The van der Waals surface area contributed by atoms with Gasteiger partial charge in [-0.2, -0.15) is 0 Å². The maximum atomic E-state index is 11.5. The van der Waals surface area contributed by atoms with Crippen molar-refractivity contribution in [2.24, 2.45) is 5.92 Å². The first kappa shape index (κ1) is 15.7. The Morgan fingerprint density at radius 3 is 2.91 bits per heavy atom. The molecule has 1 saturated carbocycles. The van der Waals surface area contributed by atoms with Crippen LogP contribution in [-0.4, -0.2) is 40.1 Å². The molecule has 3 rings (SSSR count). The summed E-state index contributed by atoms with van der Waals surface area (Å²) in [5.41, 5.74) is 1.88. The third kappa shape index (κ3) is 2.74. The Bertz CT molecular complexity index is 556. The van der Waals surface area contributed by atoms with E-state index >= 15 is 0 Å². The second kappa shape index (κ2) is 6.16. The Labute approximate surface area is 133 Å². The second-order valence-corrected chi connectivity index (χ2v) is 6.88. The van der Waals surface area contributed by atoms with E-state index in [0.717, 1.165) is 29.0 Å². The van der Waals surface area contributed by atoms with Crippen molar-refractivity contribution in [3.05, 3.63) is 16.5 Å². The molecule has 1 aromatic rings. The highest BCUT2D eigenvalue weighted by atomic mass is 32.1. The zero-order valence-electron chi connectivity index (χ0n) is 12.8. The third-order valence-corrected chi connectivity index (χ3v) is 5.54. The van der Waals surface area contributed by atoms with Crippen LogP contribution in [0, 0.1) is 12.8 Å². The lowest BCUT2D eigenvalue weighted by atomic mass is 9.77. The number of hydrogen-bond donors (Lipinski definition) is 3. The molecule has 0 amide bonds. The smallest absolute Gasteiger partial charge is 0.306 e. The van der Waals surface area contributed by atoms with Crippen LogP contribution in [0.5, 0.6) is 0 Å². The molecule has 0 radical (unpaired) electrons. The minimum Gasteiger partial charge on any atom is -0.466 e. The Morgan fingerprint density at radius 1 is 1.50 bits per heavy atom. The van der Waals surface area contributed by atoms with Crippen molar-refractivity contribution < 1.29 is 19.7 Å². The number of aliphatic hydroxyl groups is 2. The normalized spacial score (nSPS) is 31.1. The van der Waals surface area contributed by atoms with E-state index in [1.54, 1.807) is 11.8 Å². The fourth-order valence-electron chi connectivity index (χ4n) is 3.33. The highest BCUT2D eigenvalue weighted by Crippen LogP contribution is 2.45. The molecule has 1 aliphatic heterocycles. The van der Waals surface area contributed by atoms with Gasteiger partial charge in [0.2, 0.25) is 0 Å². The maximum Gasteiger partial charge on any atom is 0.306 e. The number of anilines is 1. The first-order valence-corrected chi connectivity index (χ1v) is 8.53. The minimum absolute atomic E-state index is 0.0735. The van der Waals surface area contributed by atoms with Crippen molar-refractivity contribution in [2.75, 3.05) is 11.9 Å². The van der Waals surface area contributed by atoms with E-state index in [4.69, 9.17) is 4.74 Å². The van der Waals surface area contributed by atoms with Gasteiger partial charge in [-0.15, -0.1) is 11.3 Å². The highest BCUT2D eigenvalue weighted by molar-refractivity contribution is 7.14. The fraction of sp³-hybridized carbons (Fsp3) is 0.667. The first-order chi connectivity index (χ1) is 10.5. The molecule has 3 N–H and O–H groups in total. The Hall–Kier alpha value is -1.15. The number of hydrogen-bond acceptors (Lipinski definition) is 7. The number of nitrogens with zero attached hydrogens (tertiary/aromatic N) is 1. The molecule has 0 bridgehead atoms. The standard InChI is InChI=1S/C15H22N2O4S/c1-3-21-11(18)6-9-4-10(5-9)17-14(19)12-8(2)7-22-13(12)16-15(17)20/h7,9-10,14-16,19-20H,3-6H2,1-2H3.